The van der Waals surface area contributed by atoms with E-state index in [9.17, 15) is 9.59 Å². The second-order valence-corrected chi connectivity index (χ2v) is 4.46. The number of aromatic amines is 1. The molecule has 6 nitrogen and oxygen atoms in total. The summed E-state index contributed by atoms with van der Waals surface area (Å²) in [5.74, 6) is -0.846. The van der Waals surface area contributed by atoms with Gasteiger partial charge in [0.05, 0.1) is 12.8 Å². The minimum Gasteiger partial charge on any atom is -0.465 e. The van der Waals surface area contributed by atoms with Crippen molar-refractivity contribution >= 4 is 28.9 Å². The summed E-state index contributed by atoms with van der Waals surface area (Å²) in [4.78, 5) is 23.6. The Bertz CT molecular complexity index is 588. The minimum absolute atomic E-state index is 0.273. The molecule has 0 saturated heterocycles. The molecule has 0 aliphatic rings. The minimum atomic E-state index is -0.474. The maximum absolute atomic E-state index is 11.8. The molecular weight excluding hydrogens is 254 g/mol. The van der Waals surface area contributed by atoms with Gasteiger partial charge in [-0.1, -0.05) is 0 Å². The van der Waals surface area contributed by atoms with E-state index in [1.807, 2.05) is 0 Å². The summed E-state index contributed by atoms with van der Waals surface area (Å²) in [6, 6.07) is 3.27. The number of carbonyl (C=O) groups excluding carboxylic acids is 2. The molecule has 0 aliphatic heterocycles. The number of H-pyrrole nitrogens is 1. The normalized spacial score (nSPS) is 10.1. The number of aromatic nitrogens is 2. The number of nitrogens with zero attached hydrogens (tertiary/aromatic N) is 1. The first-order valence-corrected chi connectivity index (χ1v) is 5.99. The summed E-state index contributed by atoms with van der Waals surface area (Å²) in [5.41, 5.74) is 1.49. The van der Waals surface area contributed by atoms with Crippen molar-refractivity contribution in [1.82, 2.24) is 10.2 Å². The van der Waals surface area contributed by atoms with Gasteiger partial charge in [-0.15, -0.1) is 11.3 Å². The summed E-state index contributed by atoms with van der Waals surface area (Å²) in [7, 11) is 1.30. The van der Waals surface area contributed by atoms with Crippen LogP contribution in [-0.2, 0) is 4.74 Å². The Kier molecular flexibility index (Phi) is 3.42. The average molecular weight is 265 g/mol. The van der Waals surface area contributed by atoms with Gasteiger partial charge in [-0.3, -0.25) is 9.89 Å². The van der Waals surface area contributed by atoms with E-state index < -0.39 is 5.97 Å². The quantitative estimate of drug-likeness (QED) is 0.829. The number of hydrogen-bond acceptors (Lipinski definition) is 5. The number of amides is 1. The predicted octanol–water partition coefficient (Wildman–Crippen LogP) is 1.82. The van der Waals surface area contributed by atoms with E-state index in [-0.39, 0.29) is 11.6 Å². The van der Waals surface area contributed by atoms with Gasteiger partial charge in [0.25, 0.3) is 5.91 Å². The van der Waals surface area contributed by atoms with Crippen LogP contribution in [0.25, 0.3) is 0 Å². The zero-order valence-electron chi connectivity index (χ0n) is 9.81. The van der Waals surface area contributed by atoms with Gasteiger partial charge in [-0.05, 0) is 24.4 Å². The van der Waals surface area contributed by atoms with E-state index in [2.05, 4.69) is 20.3 Å². The average Bonchev–Trinajstić information content (AvgIpc) is 2.97. The van der Waals surface area contributed by atoms with Crippen molar-refractivity contribution < 1.29 is 14.3 Å². The lowest BCUT2D eigenvalue weighted by atomic mass is 10.3. The summed E-state index contributed by atoms with van der Waals surface area (Å²) < 4.78 is 4.63. The molecule has 1 amide bonds. The molecule has 0 atom stereocenters. The second kappa shape index (κ2) is 5.01. The third kappa shape index (κ3) is 2.40. The fourth-order valence-electron chi connectivity index (χ4n) is 1.38. The van der Waals surface area contributed by atoms with Crippen molar-refractivity contribution in [2.75, 3.05) is 12.4 Å². The number of ether oxygens (including phenoxy) is 1. The van der Waals surface area contributed by atoms with Crippen LogP contribution in [-0.4, -0.2) is 29.2 Å². The molecule has 0 aromatic carbocycles. The van der Waals surface area contributed by atoms with Crippen LogP contribution in [0.3, 0.4) is 0 Å². The fourth-order valence-corrected chi connectivity index (χ4v) is 2.14. The van der Waals surface area contributed by atoms with Crippen LogP contribution in [0.5, 0.6) is 0 Å². The largest absolute Gasteiger partial charge is 0.465 e. The van der Waals surface area contributed by atoms with E-state index >= 15 is 0 Å². The van der Waals surface area contributed by atoms with E-state index in [0.717, 1.165) is 5.69 Å². The lowest BCUT2D eigenvalue weighted by Crippen LogP contribution is -2.14. The van der Waals surface area contributed by atoms with Gasteiger partial charge in [-0.2, -0.15) is 5.10 Å². The molecule has 2 N–H and O–H groups in total. The molecular formula is C11H11N3O3S. The molecule has 0 saturated carbocycles. The zero-order chi connectivity index (χ0) is 13.1. The Morgan fingerprint density at radius 2 is 2.28 bits per heavy atom. The van der Waals surface area contributed by atoms with Crippen molar-refractivity contribution in [3.05, 3.63) is 33.8 Å². The van der Waals surface area contributed by atoms with E-state index in [4.69, 9.17) is 0 Å². The Morgan fingerprint density at radius 3 is 2.89 bits per heavy atom. The molecule has 0 bridgehead atoms. The van der Waals surface area contributed by atoms with Crippen molar-refractivity contribution in [2.45, 2.75) is 6.92 Å². The fraction of sp³-hybridized carbons (Fsp3) is 0.182. The third-order valence-corrected chi connectivity index (χ3v) is 3.12. The number of carbonyl (C=O) groups is 2. The van der Waals surface area contributed by atoms with Crippen molar-refractivity contribution in [2.24, 2.45) is 0 Å². The predicted molar refractivity (Wildman–Crippen MR) is 66.9 cm³/mol. The summed E-state index contributed by atoms with van der Waals surface area (Å²) in [6.45, 7) is 1.80. The molecule has 94 valence electrons. The van der Waals surface area contributed by atoms with Crippen LogP contribution in [0.4, 0.5) is 5.69 Å². The highest BCUT2D eigenvalue weighted by atomic mass is 32.1. The van der Waals surface area contributed by atoms with Crippen LogP contribution in [0.1, 0.15) is 25.9 Å². The summed E-state index contributed by atoms with van der Waals surface area (Å²) >= 11 is 1.21. The maximum atomic E-state index is 11.8. The molecule has 2 aromatic rings. The first-order valence-electron chi connectivity index (χ1n) is 5.11. The van der Waals surface area contributed by atoms with Gasteiger partial charge in [0.2, 0.25) is 0 Å². The third-order valence-electron chi connectivity index (χ3n) is 2.22. The van der Waals surface area contributed by atoms with Crippen LogP contribution < -0.4 is 5.32 Å². The SMILES string of the molecule is COC(=O)c1sccc1NC(=O)c1cc(C)[nH]n1. The Hall–Kier alpha value is -2.15. The molecule has 2 rings (SSSR count). The zero-order valence-corrected chi connectivity index (χ0v) is 10.6. The summed E-state index contributed by atoms with van der Waals surface area (Å²) in [6.07, 6.45) is 0. The Morgan fingerprint density at radius 1 is 1.50 bits per heavy atom. The van der Waals surface area contributed by atoms with Crippen molar-refractivity contribution in [3.63, 3.8) is 0 Å². The summed E-state index contributed by atoms with van der Waals surface area (Å²) in [5, 5.41) is 10.8. The number of aryl methyl sites for hydroxylation is 1. The van der Waals surface area contributed by atoms with Gasteiger partial charge in [0.1, 0.15) is 4.88 Å². The van der Waals surface area contributed by atoms with Gasteiger partial charge in [0.15, 0.2) is 5.69 Å². The molecule has 2 aromatic heterocycles. The Labute approximate surface area is 107 Å². The topological polar surface area (TPSA) is 84.1 Å². The molecule has 0 fully saturated rings. The van der Waals surface area contributed by atoms with E-state index in [0.29, 0.717) is 10.6 Å². The highest BCUT2D eigenvalue weighted by Gasteiger charge is 2.17. The molecule has 0 spiro atoms. The Balaban J connectivity index is 2.17. The number of hydrogen-bond donors (Lipinski definition) is 2. The van der Waals surface area contributed by atoms with Gasteiger partial charge in [0, 0.05) is 5.69 Å². The number of anilines is 1. The van der Waals surface area contributed by atoms with Crippen LogP contribution in [0.2, 0.25) is 0 Å². The van der Waals surface area contributed by atoms with E-state index in [1.54, 1.807) is 24.4 Å². The van der Waals surface area contributed by atoms with Crippen molar-refractivity contribution in [1.29, 1.82) is 0 Å². The molecule has 0 unspecified atom stereocenters. The van der Waals surface area contributed by atoms with Crippen LogP contribution in [0.15, 0.2) is 17.5 Å². The second-order valence-electron chi connectivity index (χ2n) is 3.55. The van der Waals surface area contributed by atoms with E-state index in [1.165, 1.54) is 18.4 Å². The standard InChI is InChI=1S/C11H11N3O3S/c1-6-5-8(14-13-6)10(15)12-7-3-4-18-9(7)11(16)17-2/h3-5H,1-2H3,(H,12,15)(H,13,14). The number of esters is 1. The molecule has 0 aliphatic carbocycles. The number of methoxy groups -OCH3 is 1. The molecule has 18 heavy (non-hydrogen) atoms. The van der Waals surface area contributed by atoms with Crippen LogP contribution >= 0.6 is 11.3 Å². The number of nitrogens with one attached hydrogen (secondary N) is 2. The first-order chi connectivity index (χ1) is 8.61. The van der Waals surface area contributed by atoms with Gasteiger partial charge < -0.3 is 10.1 Å². The van der Waals surface area contributed by atoms with Crippen LogP contribution in [0, 0.1) is 6.92 Å². The smallest absolute Gasteiger partial charge is 0.350 e. The molecule has 0 radical (unpaired) electrons. The van der Waals surface area contributed by atoms with Gasteiger partial charge in [-0.25, -0.2) is 4.79 Å². The highest BCUT2D eigenvalue weighted by molar-refractivity contribution is 7.12. The monoisotopic (exact) mass is 265 g/mol. The molecule has 2 heterocycles. The number of rotatable bonds is 3. The lowest BCUT2D eigenvalue weighted by Gasteiger charge is -2.03. The first kappa shape index (κ1) is 12.3. The van der Waals surface area contributed by atoms with Gasteiger partial charge >= 0.3 is 5.97 Å². The van der Waals surface area contributed by atoms with Crippen molar-refractivity contribution in [3.8, 4) is 0 Å². The molecule has 7 heteroatoms. The lowest BCUT2D eigenvalue weighted by molar-refractivity contribution is 0.0607. The maximum Gasteiger partial charge on any atom is 0.350 e. The highest BCUT2D eigenvalue weighted by Crippen LogP contribution is 2.23. The number of thiophene rings is 1.